The van der Waals surface area contributed by atoms with Crippen molar-refractivity contribution in [3.63, 3.8) is 0 Å². The van der Waals surface area contributed by atoms with E-state index in [1.54, 1.807) is 12.1 Å². The van der Waals surface area contributed by atoms with Gasteiger partial charge in [0.15, 0.2) is 11.5 Å². The SMILES string of the molecule is COc1cc(Cl)cc(CN[C@@H](C)C2CCCC2)c1O. The van der Waals surface area contributed by atoms with E-state index in [4.69, 9.17) is 16.3 Å². The molecule has 0 aromatic heterocycles. The topological polar surface area (TPSA) is 41.5 Å². The van der Waals surface area contributed by atoms with Gasteiger partial charge in [-0.2, -0.15) is 0 Å². The minimum Gasteiger partial charge on any atom is -0.504 e. The first-order valence-electron chi connectivity index (χ1n) is 6.90. The summed E-state index contributed by atoms with van der Waals surface area (Å²) < 4.78 is 5.11. The van der Waals surface area contributed by atoms with Crippen molar-refractivity contribution >= 4 is 11.6 Å². The Morgan fingerprint density at radius 1 is 1.42 bits per heavy atom. The molecule has 1 aliphatic carbocycles. The van der Waals surface area contributed by atoms with Crippen LogP contribution in [0, 0.1) is 5.92 Å². The van der Waals surface area contributed by atoms with Crippen LogP contribution in [0.1, 0.15) is 38.2 Å². The third-order valence-electron chi connectivity index (χ3n) is 4.06. The monoisotopic (exact) mass is 283 g/mol. The molecule has 0 unspecified atom stereocenters. The minimum atomic E-state index is 0.179. The van der Waals surface area contributed by atoms with Crippen LogP contribution in [0.5, 0.6) is 11.5 Å². The number of ether oxygens (including phenoxy) is 1. The molecule has 0 bridgehead atoms. The Balaban J connectivity index is 2.00. The van der Waals surface area contributed by atoms with Gasteiger partial charge in [0, 0.05) is 29.2 Å². The molecule has 19 heavy (non-hydrogen) atoms. The lowest BCUT2D eigenvalue weighted by Crippen LogP contribution is -2.31. The van der Waals surface area contributed by atoms with Gasteiger partial charge in [0.1, 0.15) is 0 Å². The zero-order valence-electron chi connectivity index (χ0n) is 11.6. The lowest BCUT2D eigenvalue weighted by molar-refractivity contribution is 0.359. The Kier molecular flexibility index (Phi) is 4.94. The molecule has 3 nitrogen and oxygen atoms in total. The lowest BCUT2D eigenvalue weighted by atomic mass is 9.99. The van der Waals surface area contributed by atoms with Crippen LogP contribution in [0.25, 0.3) is 0 Å². The van der Waals surface area contributed by atoms with Crippen LogP contribution in [0.2, 0.25) is 5.02 Å². The summed E-state index contributed by atoms with van der Waals surface area (Å²) in [5, 5.41) is 14.1. The smallest absolute Gasteiger partial charge is 0.162 e. The maximum atomic E-state index is 10.1. The molecule has 1 fully saturated rings. The van der Waals surface area contributed by atoms with Gasteiger partial charge in [0.25, 0.3) is 0 Å². The molecule has 0 radical (unpaired) electrons. The van der Waals surface area contributed by atoms with Crippen molar-refractivity contribution in [3.8, 4) is 11.5 Å². The summed E-state index contributed by atoms with van der Waals surface area (Å²) in [5.74, 6) is 1.36. The van der Waals surface area contributed by atoms with Crippen LogP contribution >= 0.6 is 11.6 Å². The van der Waals surface area contributed by atoms with E-state index < -0.39 is 0 Å². The molecule has 2 rings (SSSR count). The Hall–Kier alpha value is -0.930. The van der Waals surface area contributed by atoms with Crippen molar-refractivity contribution in [2.24, 2.45) is 5.92 Å². The summed E-state index contributed by atoms with van der Waals surface area (Å²) >= 11 is 6.02. The summed E-state index contributed by atoms with van der Waals surface area (Å²) in [6.45, 7) is 2.83. The second-order valence-corrected chi connectivity index (χ2v) is 5.77. The molecule has 0 heterocycles. The van der Waals surface area contributed by atoms with Crippen molar-refractivity contribution in [1.29, 1.82) is 0 Å². The first-order chi connectivity index (χ1) is 9.11. The number of hydrogen-bond acceptors (Lipinski definition) is 3. The lowest BCUT2D eigenvalue weighted by Gasteiger charge is -2.21. The number of benzene rings is 1. The number of hydrogen-bond donors (Lipinski definition) is 2. The first-order valence-corrected chi connectivity index (χ1v) is 7.28. The van der Waals surface area contributed by atoms with E-state index in [9.17, 15) is 5.11 Å². The van der Waals surface area contributed by atoms with Crippen LogP contribution < -0.4 is 10.1 Å². The van der Waals surface area contributed by atoms with E-state index in [1.807, 2.05) is 0 Å². The maximum Gasteiger partial charge on any atom is 0.162 e. The number of halogens is 1. The molecule has 0 aliphatic heterocycles. The van der Waals surface area contributed by atoms with Crippen molar-refractivity contribution < 1.29 is 9.84 Å². The second-order valence-electron chi connectivity index (χ2n) is 5.33. The fourth-order valence-electron chi connectivity index (χ4n) is 2.81. The van der Waals surface area contributed by atoms with Crippen LogP contribution in [-0.2, 0) is 6.54 Å². The molecule has 2 N–H and O–H groups in total. The predicted octanol–water partition coefficient (Wildman–Crippen LogP) is 3.72. The zero-order chi connectivity index (χ0) is 13.8. The molecular weight excluding hydrogens is 262 g/mol. The van der Waals surface area contributed by atoms with Crippen LogP contribution in [-0.4, -0.2) is 18.3 Å². The molecule has 1 atom stereocenters. The van der Waals surface area contributed by atoms with Gasteiger partial charge < -0.3 is 15.2 Å². The zero-order valence-corrected chi connectivity index (χ0v) is 12.3. The number of aromatic hydroxyl groups is 1. The van der Waals surface area contributed by atoms with Gasteiger partial charge in [0.2, 0.25) is 0 Å². The Labute approximate surface area is 119 Å². The fraction of sp³-hybridized carbons (Fsp3) is 0.600. The van der Waals surface area contributed by atoms with Gasteiger partial charge in [-0.25, -0.2) is 0 Å². The van der Waals surface area contributed by atoms with Crippen LogP contribution in [0.15, 0.2) is 12.1 Å². The van der Waals surface area contributed by atoms with Gasteiger partial charge in [0.05, 0.1) is 7.11 Å². The number of phenols is 1. The molecule has 1 saturated carbocycles. The predicted molar refractivity (Wildman–Crippen MR) is 77.9 cm³/mol. The fourth-order valence-corrected chi connectivity index (χ4v) is 3.04. The van der Waals surface area contributed by atoms with Gasteiger partial charge in [-0.3, -0.25) is 0 Å². The maximum absolute atomic E-state index is 10.1. The highest BCUT2D eigenvalue weighted by molar-refractivity contribution is 6.30. The largest absolute Gasteiger partial charge is 0.504 e. The normalized spacial score (nSPS) is 17.6. The minimum absolute atomic E-state index is 0.179. The Morgan fingerprint density at radius 3 is 2.74 bits per heavy atom. The summed E-state index contributed by atoms with van der Waals surface area (Å²) in [4.78, 5) is 0. The Bertz CT molecular complexity index is 430. The van der Waals surface area contributed by atoms with Crippen molar-refractivity contribution in [1.82, 2.24) is 5.32 Å². The Morgan fingerprint density at radius 2 is 2.11 bits per heavy atom. The molecular formula is C15H22ClNO2. The molecule has 4 heteroatoms. The number of nitrogens with one attached hydrogen (secondary N) is 1. The van der Waals surface area contributed by atoms with E-state index in [1.165, 1.54) is 32.8 Å². The highest BCUT2D eigenvalue weighted by Gasteiger charge is 2.21. The van der Waals surface area contributed by atoms with Crippen LogP contribution in [0.3, 0.4) is 0 Å². The third-order valence-corrected chi connectivity index (χ3v) is 4.28. The van der Waals surface area contributed by atoms with E-state index >= 15 is 0 Å². The van der Waals surface area contributed by atoms with Crippen molar-refractivity contribution in [2.45, 2.75) is 45.2 Å². The molecule has 0 amide bonds. The summed E-state index contributed by atoms with van der Waals surface area (Å²) in [6, 6.07) is 3.88. The molecule has 0 saturated heterocycles. The number of phenolic OH excluding ortho intramolecular Hbond substituents is 1. The average Bonchev–Trinajstić information content (AvgIpc) is 2.93. The average molecular weight is 284 g/mol. The van der Waals surface area contributed by atoms with Gasteiger partial charge in [-0.1, -0.05) is 24.4 Å². The van der Waals surface area contributed by atoms with E-state index in [0.29, 0.717) is 23.4 Å². The van der Waals surface area contributed by atoms with E-state index in [-0.39, 0.29) is 5.75 Å². The second kappa shape index (κ2) is 6.49. The van der Waals surface area contributed by atoms with Crippen LogP contribution in [0.4, 0.5) is 0 Å². The summed E-state index contributed by atoms with van der Waals surface area (Å²) in [7, 11) is 1.53. The highest BCUT2D eigenvalue weighted by atomic mass is 35.5. The van der Waals surface area contributed by atoms with Crippen molar-refractivity contribution in [3.05, 3.63) is 22.7 Å². The van der Waals surface area contributed by atoms with E-state index in [0.717, 1.165) is 11.5 Å². The standard InChI is InChI=1S/C15H22ClNO2/c1-10(11-5-3-4-6-11)17-9-12-7-13(16)8-14(19-2)15(12)18/h7-8,10-11,17-18H,3-6,9H2,1-2H3/t10-/m0/s1. The molecule has 1 aromatic rings. The molecule has 1 aromatic carbocycles. The van der Waals surface area contributed by atoms with Gasteiger partial charge >= 0.3 is 0 Å². The quantitative estimate of drug-likeness (QED) is 0.865. The number of methoxy groups -OCH3 is 1. The summed E-state index contributed by atoms with van der Waals surface area (Å²) in [5.41, 5.74) is 0.786. The highest BCUT2D eigenvalue weighted by Crippen LogP contribution is 2.34. The first kappa shape index (κ1) is 14.5. The van der Waals surface area contributed by atoms with Gasteiger partial charge in [-0.05, 0) is 31.7 Å². The number of rotatable bonds is 5. The molecule has 106 valence electrons. The summed E-state index contributed by atoms with van der Waals surface area (Å²) in [6.07, 6.45) is 5.29. The molecule has 1 aliphatic rings. The van der Waals surface area contributed by atoms with E-state index in [2.05, 4.69) is 12.2 Å². The van der Waals surface area contributed by atoms with Gasteiger partial charge in [-0.15, -0.1) is 0 Å². The van der Waals surface area contributed by atoms with Crippen molar-refractivity contribution in [2.75, 3.05) is 7.11 Å². The third kappa shape index (κ3) is 3.54. The molecule has 0 spiro atoms.